The lowest BCUT2D eigenvalue weighted by molar-refractivity contribution is -0.125. The fourth-order valence-corrected chi connectivity index (χ4v) is 2.26. The molecule has 0 radical (unpaired) electrons. The fraction of sp³-hybridized carbons (Fsp3) is 0.500. The molecule has 1 aromatic carbocycles. The standard InChI is InChI=1S/C14H19NO3/c1-9(16)13(17)8-15-14(18)12-6-10-4-2-3-5-11(10)7-12/h2-5,9,12-13,16-17H,6-8H2,1H3,(H,15,18). The number of hydrogen-bond donors (Lipinski definition) is 3. The number of fused-ring (bicyclic) bond motifs is 1. The lowest BCUT2D eigenvalue weighted by Gasteiger charge is -2.16. The van der Waals surface area contributed by atoms with Crippen LogP contribution < -0.4 is 5.32 Å². The van der Waals surface area contributed by atoms with E-state index in [1.165, 1.54) is 18.1 Å². The van der Waals surface area contributed by atoms with Crippen LogP contribution in [0.5, 0.6) is 0 Å². The predicted octanol–water partition coefficient (Wildman–Crippen LogP) is 0.259. The molecular weight excluding hydrogens is 230 g/mol. The van der Waals surface area contributed by atoms with Gasteiger partial charge in [0.05, 0.1) is 12.2 Å². The maximum atomic E-state index is 11.9. The second kappa shape index (κ2) is 5.50. The van der Waals surface area contributed by atoms with Gasteiger partial charge in [-0.15, -0.1) is 0 Å². The van der Waals surface area contributed by atoms with Crippen LogP contribution in [0.4, 0.5) is 0 Å². The van der Waals surface area contributed by atoms with E-state index < -0.39 is 12.2 Å². The number of aliphatic hydroxyl groups is 2. The summed E-state index contributed by atoms with van der Waals surface area (Å²) in [6, 6.07) is 8.06. The molecule has 0 heterocycles. The quantitative estimate of drug-likeness (QED) is 0.717. The van der Waals surface area contributed by atoms with Gasteiger partial charge in [-0.3, -0.25) is 4.79 Å². The van der Waals surface area contributed by atoms with E-state index >= 15 is 0 Å². The summed E-state index contributed by atoms with van der Waals surface area (Å²) in [6.07, 6.45) is -0.219. The van der Waals surface area contributed by atoms with Gasteiger partial charge < -0.3 is 15.5 Å². The van der Waals surface area contributed by atoms with E-state index in [0.29, 0.717) is 0 Å². The number of nitrogens with one attached hydrogen (secondary N) is 1. The first-order valence-corrected chi connectivity index (χ1v) is 6.28. The molecule has 3 N–H and O–H groups in total. The average molecular weight is 249 g/mol. The first-order chi connectivity index (χ1) is 8.58. The van der Waals surface area contributed by atoms with Crippen LogP contribution in [0, 0.1) is 5.92 Å². The molecule has 18 heavy (non-hydrogen) atoms. The Kier molecular flexibility index (Phi) is 3.99. The average Bonchev–Trinajstić information content (AvgIpc) is 2.79. The molecule has 2 unspecified atom stereocenters. The van der Waals surface area contributed by atoms with Gasteiger partial charge in [-0.25, -0.2) is 0 Å². The van der Waals surface area contributed by atoms with Gasteiger partial charge in [0, 0.05) is 12.5 Å². The zero-order valence-electron chi connectivity index (χ0n) is 10.5. The van der Waals surface area contributed by atoms with Gasteiger partial charge in [-0.2, -0.15) is 0 Å². The SMILES string of the molecule is CC(O)C(O)CNC(=O)C1Cc2ccccc2C1. The van der Waals surface area contributed by atoms with Crippen molar-refractivity contribution < 1.29 is 15.0 Å². The van der Waals surface area contributed by atoms with Crippen molar-refractivity contribution in [2.24, 2.45) is 5.92 Å². The third kappa shape index (κ3) is 2.89. The minimum absolute atomic E-state index is 0.0501. The molecule has 2 rings (SSSR count). The first kappa shape index (κ1) is 13.1. The molecule has 0 saturated carbocycles. The van der Waals surface area contributed by atoms with Gasteiger partial charge in [-0.1, -0.05) is 24.3 Å². The lowest BCUT2D eigenvalue weighted by atomic mass is 10.1. The second-order valence-corrected chi connectivity index (χ2v) is 4.93. The Balaban J connectivity index is 1.86. The Hall–Kier alpha value is -1.39. The number of hydrogen-bond acceptors (Lipinski definition) is 3. The Labute approximate surface area is 107 Å². The predicted molar refractivity (Wildman–Crippen MR) is 68.0 cm³/mol. The van der Waals surface area contributed by atoms with Gasteiger partial charge >= 0.3 is 0 Å². The molecule has 0 aliphatic heterocycles. The van der Waals surface area contributed by atoms with Crippen molar-refractivity contribution in [3.05, 3.63) is 35.4 Å². The third-order valence-electron chi connectivity index (χ3n) is 3.46. The molecule has 1 aromatic rings. The van der Waals surface area contributed by atoms with Gasteiger partial charge in [0.2, 0.25) is 5.91 Å². The second-order valence-electron chi connectivity index (χ2n) is 4.93. The molecule has 98 valence electrons. The smallest absolute Gasteiger partial charge is 0.223 e. The largest absolute Gasteiger partial charge is 0.391 e. The van der Waals surface area contributed by atoms with E-state index in [9.17, 15) is 9.90 Å². The van der Waals surface area contributed by atoms with Crippen LogP contribution in [0.2, 0.25) is 0 Å². The molecule has 0 spiro atoms. The third-order valence-corrected chi connectivity index (χ3v) is 3.46. The van der Waals surface area contributed by atoms with Crippen LogP contribution in [0.25, 0.3) is 0 Å². The molecule has 2 atom stereocenters. The molecule has 4 nitrogen and oxygen atoms in total. The highest BCUT2D eigenvalue weighted by atomic mass is 16.3. The molecule has 0 fully saturated rings. The Morgan fingerprint density at radius 2 is 1.89 bits per heavy atom. The number of amides is 1. The van der Waals surface area contributed by atoms with E-state index in [-0.39, 0.29) is 18.4 Å². The Morgan fingerprint density at radius 1 is 1.33 bits per heavy atom. The van der Waals surface area contributed by atoms with Crippen molar-refractivity contribution in [1.29, 1.82) is 0 Å². The minimum Gasteiger partial charge on any atom is -0.391 e. The van der Waals surface area contributed by atoms with Crippen LogP contribution >= 0.6 is 0 Å². The monoisotopic (exact) mass is 249 g/mol. The number of rotatable bonds is 4. The maximum Gasteiger partial charge on any atom is 0.223 e. The highest BCUT2D eigenvalue weighted by molar-refractivity contribution is 5.80. The van der Waals surface area contributed by atoms with Crippen molar-refractivity contribution in [3.63, 3.8) is 0 Å². The van der Waals surface area contributed by atoms with Gasteiger partial charge in [-0.05, 0) is 30.9 Å². The zero-order chi connectivity index (χ0) is 13.1. The topological polar surface area (TPSA) is 69.6 Å². The summed E-state index contributed by atoms with van der Waals surface area (Å²) in [5, 5.41) is 21.3. The van der Waals surface area contributed by atoms with E-state index in [0.717, 1.165) is 12.8 Å². The number of aliphatic hydroxyl groups excluding tert-OH is 2. The van der Waals surface area contributed by atoms with Crippen molar-refractivity contribution in [1.82, 2.24) is 5.32 Å². The van der Waals surface area contributed by atoms with E-state index in [2.05, 4.69) is 5.32 Å². The first-order valence-electron chi connectivity index (χ1n) is 6.28. The van der Waals surface area contributed by atoms with Crippen LogP contribution in [0.1, 0.15) is 18.1 Å². The number of carbonyl (C=O) groups excluding carboxylic acids is 1. The van der Waals surface area contributed by atoms with Crippen LogP contribution in [0.15, 0.2) is 24.3 Å². The summed E-state index contributed by atoms with van der Waals surface area (Å²) >= 11 is 0. The summed E-state index contributed by atoms with van der Waals surface area (Å²) in [7, 11) is 0. The normalized spacial score (nSPS) is 18.2. The molecule has 1 aliphatic rings. The maximum absolute atomic E-state index is 11.9. The van der Waals surface area contributed by atoms with Crippen molar-refractivity contribution in [2.75, 3.05) is 6.54 Å². The number of benzene rings is 1. The Bertz CT molecular complexity index is 406. The molecule has 4 heteroatoms. The Morgan fingerprint density at radius 3 is 2.39 bits per heavy atom. The van der Waals surface area contributed by atoms with Gasteiger partial charge in [0.1, 0.15) is 0 Å². The molecule has 0 saturated heterocycles. The van der Waals surface area contributed by atoms with E-state index in [4.69, 9.17) is 5.11 Å². The zero-order valence-corrected chi connectivity index (χ0v) is 10.5. The molecule has 1 amide bonds. The van der Waals surface area contributed by atoms with Crippen molar-refractivity contribution in [2.45, 2.75) is 32.0 Å². The van der Waals surface area contributed by atoms with Crippen LogP contribution in [-0.2, 0) is 17.6 Å². The van der Waals surface area contributed by atoms with Crippen molar-refractivity contribution in [3.8, 4) is 0 Å². The minimum atomic E-state index is -0.905. The van der Waals surface area contributed by atoms with Crippen molar-refractivity contribution >= 4 is 5.91 Å². The van der Waals surface area contributed by atoms with Crippen LogP contribution in [0.3, 0.4) is 0 Å². The van der Waals surface area contributed by atoms with E-state index in [1.807, 2.05) is 24.3 Å². The van der Waals surface area contributed by atoms with Gasteiger partial charge in [0.15, 0.2) is 0 Å². The summed E-state index contributed by atoms with van der Waals surface area (Å²) in [4.78, 5) is 11.9. The summed E-state index contributed by atoms with van der Waals surface area (Å²) in [6.45, 7) is 1.60. The molecule has 1 aliphatic carbocycles. The van der Waals surface area contributed by atoms with E-state index in [1.54, 1.807) is 0 Å². The summed E-state index contributed by atoms with van der Waals surface area (Å²) in [5.41, 5.74) is 2.46. The fourth-order valence-electron chi connectivity index (χ4n) is 2.26. The molecule has 0 bridgehead atoms. The molecular formula is C14H19NO3. The highest BCUT2D eigenvalue weighted by Crippen LogP contribution is 2.26. The number of carbonyl (C=O) groups is 1. The molecule has 0 aromatic heterocycles. The van der Waals surface area contributed by atoms with Gasteiger partial charge in [0.25, 0.3) is 0 Å². The lowest BCUT2D eigenvalue weighted by Crippen LogP contribution is -2.40. The summed E-state index contributed by atoms with van der Waals surface area (Å²) < 4.78 is 0. The van der Waals surface area contributed by atoms with Crippen LogP contribution in [-0.4, -0.2) is 34.9 Å². The highest BCUT2D eigenvalue weighted by Gasteiger charge is 2.27. The summed E-state index contributed by atoms with van der Waals surface area (Å²) in [5.74, 6) is -0.102.